The summed E-state index contributed by atoms with van der Waals surface area (Å²) in [4.78, 5) is 29.6. The molecule has 3 aromatic rings. The first-order chi connectivity index (χ1) is 22.2. The van der Waals surface area contributed by atoms with Crippen LogP contribution in [-0.4, -0.2) is 72.5 Å². The van der Waals surface area contributed by atoms with Gasteiger partial charge in [-0.25, -0.2) is 17.9 Å². The summed E-state index contributed by atoms with van der Waals surface area (Å²) in [7, 11) is -3.01. The number of nitrogens with one attached hydrogen (secondary N) is 3. The largest absolute Gasteiger partial charge is 0.465 e. The third-order valence-electron chi connectivity index (χ3n) is 8.46. The van der Waals surface area contributed by atoms with Gasteiger partial charge in [0.1, 0.15) is 17.7 Å². The predicted molar refractivity (Wildman–Crippen MR) is 165 cm³/mol. The van der Waals surface area contributed by atoms with Gasteiger partial charge >= 0.3 is 12.3 Å². The fourth-order valence-corrected chi connectivity index (χ4v) is 7.98. The topological polar surface area (TPSA) is 147 Å². The second kappa shape index (κ2) is 14.1. The minimum Gasteiger partial charge on any atom is -0.465 e. The van der Waals surface area contributed by atoms with Gasteiger partial charge < -0.3 is 21.1 Å². The molecule has 2 aliphatic rings. The second-order valence-corrected chi connectivity index (χ2v) is 13.7. The number of alkyl halides is 3. The number of nitrogens with zero attached hydrogens (tertiary/aromatic N) is 2. The van der Waals surface area contributed by atoms with Crippen LogP contribution in [0.15, 0.2) is 60.8 Å². The Labute approximate surface area is 268 Å². The number of carbonyl (C=O) groups excluding carboxylic acids is 1. The van der Waals surface area contributed by atoms with E-state index in [2.05, 4.69) is 20.9 Å². The minimum absolute atomic E-state index is 0.0227. The number of hydrogen-bond donors (Lipinski definition) is 6. The molecule has 3 unspecified atom stereocenters. The van der Waals surface area contributed by atoms with Crippen LogP contribution < -0.4 is 16.0 Å². The van der Waals surface area contributed by atoms with Crippen molar-refractivity contribution in [3.05, 3.63) is 94.8 Å². The van der Waals surface area contributed by atoms with Gasteiger partial charge in [-0.15, -0.1) is 10.8 Å². The molecule has 254 valence electrons. The van der Waals surface area contributed by atoms with Crippen LogP contribution in [-0.2, 0) is 17.4 Å². The van der Waals surface area contributed by atoms with Crippen LogP contribution in [0.4, 0.5) is 32.4 Å². The smallest absolute Gasteiger partial charge is 0.417 e. The molecule has 0 spiro atoms. The second-order valence-electron chi connectivity index (χ2n) is 11.6. The average molecular weight is 684 g/mol. The van der Waals surface area contributed by atoms with Crippen LogP contribution >= 0.6 is 10.8 Å². The number of rotatable bonds is 9. The standard InChI is InChI=1S/C31H34F5N5O5S/c32-20-9-6-18(7-10-20)27(26-13-8-19(15-38-26)31(34,35)36)28(40-30(43)44)29(42)39-25-5-1-4-24(33)23(25)12-11-22-16-37-21-3-2-14-47(45,46)41(22)17-21/h1,4-10,13,15,21-22,27-28,37,40,45-46H,2-3,11-12,14,16-17H2,(H,39,42)(H,43,44)/t21-,22+,27?,28?/m1/s1. The summed E-state index contributed by atoms with van der Waals surface area (Å²) in [6, 6.07) is 8.38. The van der Waals surface area contributed by atoms with Crippen molar-refractivity contribution in [1.82, 2.24) is 19.9 Å². The van der Waals surface area contributed by atoms with Crippen LogP contribution in [0.3, 0.4) is 0 Å². The lowest BCUT2D eigenvalue weighted by Crippen LogP contribution is -2.55. The number of anilines is 1. The van der Waals surface area contributed by atoms with Crippen molar-refractivity contribution in [1.29, 1.82) is 0 Å². The molecule has 3 heterocycles. The number of piperazine rings is 1. The van der Waals surface area contributed by atoms with E-state index in [0.717, 1.165) is 30.7 Å². The molecule has 5 rings (SSSR count). The van der Waals surface area contributed by atoms with E-state index in [4.69, 9.17) is 0 Å². The van der Waals surface area contributed by atoms with E-state index in [1.54, 1.807) is 4.31 Å². The van der Waals surface area contributed by atoms with Crippen molar-refractivity contribution < 1.29 is 45.8 Å². The Balaban J connectivity index is 1.44. The summed E-state index contributed by atoms with van der Waals surface area (Å²) >= 11 is 0. The quantitative estimate of drug-likeness (QED) is 0.155. The van der Waals surface area contributed by atoms with Crippen molar-refractivity contribution in [2.75, 3.05) is 24.2 Å². The van der Waals surface area contributed by atoms with Crippen LogP contribution in [0.25, 0.3) is 0 Å². The average Bonchev–Trinajstić information content (AvgIpc) is 3.12. The SMILES string of the molecule is O=C(O)NC(C(=O)Nc1cccc(F)c1CC[C@H]1CN[C@@H]2CCCS(O)(O)N1C2)C(c1ccc(F)cc1)c1ccc(C(F)(F)F)cn1. The number of amides is 2. The van der Waals surface area contributed by atoms with E-state index in [1.807, 2.05) is 0 Å². The summed E-state index contributed by atoms with van der Waals surface area (Å²) in [5, 5.41) is 17.7. The Morgan fingerprint density at radius 2 is 1.83 bits per heavy atom. The highest BCUT2D eigenvalue weighted by molar-refractivity contribution is 8.22. The highest BCUT2D eigenvalue weighted by Gasteiger charge is 2.39. The lowest BCUT2D eigenvalue weighted by atomic mass is 9.87. The van der Waals surface area contributed by atoms with E-state index < -0.39 is 58.1 Å². The van der Waals surface area contributed by atoms with E-state index in [1.165, 1.54) is 30.3 Å². The molecule has 1 aromatic heterocycles. The molecule has 2 aromatic carbocycles. The molecule has 2 bridgehead atoms. The van der Waals surface area contributed by atoms with E-state index in [9.17, 15) is 41.4 Å². The molecule has 2 amide bonds. The maximum atomic E-state index is 15.3. The molecule has 10 nitrogen and oxygen atoms in total. The summed E-state index contributed by atoms with van der Waals surface area (Å²) < 4.78 is 92.1. The van der Waals surface area contributed by atoms with Gasteiger partial charge in [0.2, 0.25) is 5.91 Å². The van der Waals surface area contributed by atoms with Gasteiger partial charge in [0.25, 0.3) is 0 Å². The number of fused-ring (bicyclic) bond motifs is 2. The Bertz CT molecular complexity index is 1580. The maximum Gasteiger partial charge on any atom is 0.417 e. The lowest BCUT2D eigenvalue weighted by Gasteiger charge is -2.49. The third-order valence-corrected chi connectivity index (χ3v) is 10.5. The van der Waals surface area contributed by atoms with E-state index in [0.29, 0.717) is 32.1 Å². The van der Waals surface area contributed by atoms with Gasteiger partial charge in [-0.2, -0.15) is 13.2 Å². The van der Waals surface area contributed by atoms with Crippen molar-refractivity contribution in [3.63, 3.8) is 0 Å². The van der Waals surface area contributed by atoms with Crippen LogP contribution in [0.5, 0.6) is 0 Å². The molecule has 6 N–H and O–H groups in total. The number of carboxylic acid groups (broad SMARTS) is 1. The highest BCUT2D eigenvalue weighted by atomic mass is 32.3. The molecule has 2 fully saturated rings. The number of aromatic nitrogens is 1. The Morgan fingerprint density at radius 3 is 2.49 bits per heavy atom. The molecule has 2 aliphatic heterocycles. The molecule has 47 heavy (non-hydrogen) atoms. The van der Waals surface area contributed by atoms with Crippen molar-refractivity contribution in [2.45, 2.75) is 55.9 Å². The van der Waals surface area contributed by atoms with Gasteiger partial charge in [-0.1, -0.05) is 18.2 Å². The molecular weight excluding hydrogens is 649 g/mol. The van der Waals surface area contributed by atoms with Crippen LogP contribution in [0, 0.1) is 11.6 Å². The van der Waals surface area contributed by atoms with Gasteiger partial charge in [-0.3, -0.25) is 18.9 Å². The van der Waals surface area contributed by atoms with Crippen molar-refractivity contribution in [3.8, 4) is 0 Å². The Kier molecular flexibility index (Phi) is 10.4. The zero-order valence-electron chi connectivity index (χ0n) is 24.9. The molecule has 2 saturated heterocycles. The molecule has 0 radical (unpaired) electrons. The summed E-state index contributed by atoms with van der Waals surface area (Å²) in [6.45, 7) is 0.875. The summed E-state index contributed by atoms with van der Waals surface area (Å²) in [5.74, 6) is -3.35. The molecule has 5 atom stereocenters. The van der Waals surface area contributed by atoms with Gasteiger partial charge in [0.05, 0.1) is 22.9 Å². The van der Waals surface area contributed by atoms with E-state index >= 15 is 4.39 Å². The fourth-order valence-electron chi connectivity index (χ4n) is 6.12. The zero-order valence-corrected chi connectivity index (χ0v) is 25.7. The highest BCUT2D eigenvalue weighted by Crippen LogP contribution is 2.49. The summed E-state index contributed by atoms with van der Waals surface area (Å²) in [6.07, 6.45) is -3.97. The predicted octanol–water partition coefficient (Wildman–Crippen LogP) is 5.82. The fraction of sp³-hybridized carbons (Fsp3) is 0.387. The monoisotopic (exact) mass is 683 g/mol. The number of carbonyl (C=O) groups is 2. The van der Waals surface area contributed by atoms with E-state index in [-0.39, 0.29) is 46.8 Å². The van der Waals surface area contributed by atoms with Gasteiger partial charge in [0.15, 0.2) is 0 Å². The lowest BCUT2D eigenvalue weighted by molar-refractivity contribution is -0.137. The van der Waals surface area contributed by atoms with Crippen LogP contribution in [0.2, 0.25) is 0 Å². The molecule has 16 heteroatoms. The third kappa shape index (κ3) is 8.19. The van der Waals surface area contributed by atoms with Crippen molar-refractivity contribution in [2.24, 2.45) is 0 Å². The number of benzene rings is 2. The first-order valence-corrected chi connectivity index (χ1v) is 16.5. The first-order valence-electron chi connectivity index (χ1n) is 14.9. The molecule has 0 saturated carbocycles. The van der Waals surface area contributed by atoms with Crippen molar-refractivity contribution >= 4 is 28.5 Å². The maximum absolute atomic E-state index is 15.3. The summed E-state index contributed by atoms with van der Waals surface area (Å²) in [5.41, 5.74) is -0.895. The first kappa shape index (κ1) is 34.5. The minimum atomic E-state index is -4.71. The zero-order chi connectivity index (χ0) is 33.9. The van der Waals surface area contributed by atoms with Gasteiger partial charge in [0, 0.05) is 42.6 Å². The number of pyridine rings is 1. The Hall–Kier alpha value is -3.83. The number of hydrogen-bond acceptors (Lipinski definition) is 7. The normalized spacial score (nSPS) is 22.7. The molecule has 0 aliphatic carbocycles. The Morgan fingerprint density at radius 1 is 1.09 bits per heavy atom. The molecular formula is C31H34F5N5O5S. The van der Waals surface area contributed by atoms with Gasteiger partial charge in [-0.05, 0) is 67.6 Å². The number of halogens is 5. The van der Waals surface area contributed by atoms with Crippen LogP contribution in [0.1, 0.15) is 47.6 Å².